The lowest BCUT2D eigenvalue weighted by molar-refractivity contribution is -0.111. The predicted molar refractivity (Wildman–Crippen MR) is 134 cm³/mol. The van der Waals surface area contributed by atoms with Gasteiger partial charge in [0.25, 0.3) is 12.3 Å². The number of benzene rings is 2. The fraction of sp³-hybridized carbons (Fsp3) is 0.160. The van der Waals surface area contributed by atoms with Crippen LogP contribution in [0.25, 0.3) is 27.9 Å². The van der Waals surface area contributed by atoms with Gasteiger partial charge in [0.2, 0.25) is 12.2 Å². The van der Waals surface area contributed by atoms with Gasteiger partial charge in [-0.2, -0.15) is 0 Å². The molecule has 2 aromatic heterocycles. The van der Waals surface area contributed by atoms with Crippen LogP contribution < -0.4 is 15.8 Å². The topological polar surface area (TPSA) is 128 Å². The minimum absolute atomic E-state index is 0.0176. The fourth-order valence-corrected chi connectivity index (χ4v) is 3.79. The molecule has 0 spiro atoms. The maximum absolute atomic E-state index is 13.8. The number of fused-ring (bicyclic) bond motifs is 1. The number of hydrogen-bond donors (Lipinski definition) is 2. The number of rotatable bonds is 8. The number of alkyl halides is 3. The van der Waals surface area contributed by atoms with Crippen LogP contribution >= 0.6 is 0 Å². The Bertz CT molecular complexity index is 1520. The van der Waals surface area contributed by atoms with E-state index in [9.17, 15) is 22.8 Å². The smallest absolute Gasteiger partial charge is 0.287 e. The molecular formula is C25H22F3N7O3. The van der Waals surface area contributed by atoms with E-state index < -0.39 is 18.6 Å². The maximum atomic E-state index is 13.8. The zero-order valence-corrected chi connectivity index (χ0v) is 20.2. The molecule has 3 N–H and O–H groups in total. The molecule has 0 aliphatic rings. The largest absolute Gasteiger partial charge is 0.496 e. The number of halogens is 3. The van der Waals surface area contributed by atoms with E-state index in [1.54, 1.807) is 24.3 Å². The zero-order chi connectivity index (χ0) is 27.6. The second kappa shape index (κ2) is 10.6. The Morgan fingerprint density at radius 1 is 1.16 bits per heavy atom. The Labute approximate surface area is 214 Å². The van der Waals surface area contributed by atoms with Crippen molar-refractivity contribution >= 4 is 28.8 Å². The van der Waals surface area contributed by atoms with Gasteiger partial charge in [0.15, 0.2) is 5.82 Å². The highest BCUT2D eigenvalue weighted by molar-refractivity contribution is 6.01. The van der Waals surface area contributed by atoms with Gasteiger partial charge in [-0.15, -0.1) is 14.8 Å². The van der Waals surface area contributed by atoms with Crippen molar-refractivity contribution in [1.29, 1.82) is 0 Å². The number of carbonyl (C=O) groups is 2. The van der Waals surface area contributed by atoms with Crippen molar-refractivity contribution in [1.82, 2.24) is 24.7 Å². The summed E-state index contributed by atoms with van der Waals surface area (Å²) in [7, 11) is 2.23. The number of nitrogen functional groups attached to an aromatic ring is 1. The molecule has 0 radical (unpaired) electrons. The maximum Gasteiger partial charge on any atom is 0.287 e. The van der Waals surface area contributed by atoms with Crippen LogP contribution in [0.3, 0.4) is 0 Å². The summed E-state index contributed by atoms with van der Waals surface area (Å²) in [5, 5.41) is 11.3. The lowest BCUT2D eigenvalue weighted by Crippen LogP contribution is -2.38. The monoisotopic (exact) mass is 525 g/mol. The first kappa shape index (κ1) is 26.1. The standard InChI is InChI=1S/C25H22F3N7O3/c1-4-18(36)32-15-8-5-13(6-9-15)20-19(21-24(29)30-12-31-35(21)33-20)14-7-10-16(17(11-14)38-3)25(37)34(2)23(28)22(26)27/h4-12,22-23H,1H2,2-3H3,(H,32,36)(H2,29,30,31). The number of anilines is 2. The number of amides is 2. The Hall–Kier alpha value is -4.94. The number of ether oxygens (including phenoxy) is 1. The minimum Gasteiger partial charge on any atom is -0.496 e. The number of nitrogens with one attached hydrogen (secondary N) is 1. The van der Waals surface area contributed by atoms with Crippen molar-refractivity contribution in [3.8, 4) is 28.1 Å². The van der Waals surface area contributed by atoms with Gasteiger partial charge in [0.1, 0.15) is 23.3 Å². The van der Waals surface area contributed by atoms with Crippen LogP contribution in [0.2, 0.25) is 0 Å². The molecule has 4 rings (SSSR count). The van der Waals surface area contributed by atoms with Gasteiger partial charge in [0.05, 0.1) is 12.7 Å². The molecular weight excluding hydrogens is 503 g/mol. The average Bonchev–Trinajstić information content (AvgIpc) is 3.32. The van der Waals surface area contributed by atoms with E-state index in [2.05, 4.69) is 27.1 Å². The van der Waals surface area contributed by atoms with Crippen molar-refractivity contribution in [2.45, 2.75) is 12.7 Å². The van der Waals surface area contributed by atoms with E-state index in [0.717, 1.165) is 13.1 Å². The SMILES string of the molecule is C=CC(=O)Nc1ccc(-c2nn3ncnc(N)c3c2-c2ccc(C(=O)N(C)C(F)C(F)F)c(OC)c2)cc1. The third kappa shape index (κ3) is 4.85. The number of aromatic nitrogens is 4. The highest BCUT2D eigenvalue weighted by atomic mass is 19.3. The third-order valence-electron chi connectivity index (χ3n) is 5.70. The highest BCUT2D eigenvalue weighted by Gasteiger charge is 2.30. The minimum atomic E-state index is -3.37. The fourth-order valence-electron chi connectivity index (χ4n) is 3.79. The Morgan fingerprint density at radius 2 is 1.84 bits per heavy atom. The van der Waals surface area contributed by atoms with Crippen LogP contribution in [0, 0.1) is 0 Å². The molecule has 13 heteroatoms. The molecule has 2 heterocycles. The van der Waals surface area contributed by atoms with Crippen LogP contribution in [0.5, 0.6) is 5.75 Å². The molecule has 10 nitrogen and oxygen atoms in total. The van der Waals surface area contributed by atoms with Crippen LogP contribution in [0.4, 0.5) is 24.7 Å². The number of carbonyl (C=O) groups excluding carboxylic acids is 2. The van der Waals surface area contributed by atoms with Crippen LogP contribution in [-0.4, -0.2) is 63.4 Å². The van der Waals surface area contributed by atoms with Gasteiger partial charge in [-0.3, -0.25) is 9.59 Å². The van der Waals surface area contributed by atoms with E-state index in [0.29, 0.717) is 38.5 Å². The molecule has 38 heavy (non-hydrogen) atoms. The van der Waals surface area contributed by atoms with Gasteiger partial charge >= 0.3 is 0 Å². The number of nitrogens with two attached hydrogens (primary N) is 1. The molecule has 4 aromatic rings. The van der Waals surface area contributed by atoms with E-state index >= 15 is 0 Å². The molecule has 0 fully saturated rings. The average molecular weight is 525 g/mol. The number of hydrogen-bond acceptors (Lipinski definition) is 7. The van der Waals surface area contributed by atoms with Crippen molar-refractivity contribution in [3.63, 3.8) is 0 Å². The molecule has 0 bridgehead atoms. The second-order valence-corrected chi connectivity index (χ2v) is 8.02. The first-order chi connectivity index (χ1) is 18.2. The Morgan fingerprint density at radius 3 is 2.47 bits per heavy atom. The summed E-state index contributed by atoms with van der Waals surface area (Å²) in [5.74, 6) is -1.21. The first-order valence-corrected chi connectivity index (χ1v) is 11.1. The summed E-state index contributed by atoms with van der Waals surface area (Å²) in [6, 6.07) is 11.2. The summed E-state index contributed by atoms with van der Waals surface area (Å²) >= 11 is 0. The van der Waals surface area contributed by atoms with Crippen molar-refractivity contribution < 1.29 is 27.5 Å². The Kier molecular flexibility index (Phi) is 7.28. The van der Waals surface area contributed by atoms with Crippen molar-refractivity contribution in [2.75, 3.05) is 25.2 Å². The molecule has 2 amide bonds. The second-order valence-electron chi connectivity index (χ2n) is 8.02. The molecule has 2 aromatic carbocycles. The third-order valence-corrected chi connectivity index (χ3v) is 5.70. The van der Waals surface area contributed by atoms with Crippen LogP contribution in [-0.2, 0) is 4.79 Å². The quantitative estimate of drug-likeness (QED) is 0.265. The van der Waals surface area contributed by atoms with E-state index in [-0.39, 0.29) is 23.0 Å². The summed E-state index contributed by atoms with van der Waals surface area (Å²) in [5.41, 5.74) is 9.00. The van der Waals surface area contributed by atoms with Crippen LogP contribution in [0.1, 0.15) is 10.4 Å². The molecule has 0 aliphatic heterocycles. The molecule has 0 saturated heterocycles. The molecule has 196 valence electrons. The molecule has 1 atom stereocenters. The van der Waals surface area contributed by atoms with Crippen molar-refractivity contribution in [2.24, 2.45) is 0 Å². The zero-order valence-electron chi connectivity index (χ0n) is 20.2. The predicted octanol–water partition coefficient (Wildman–Crippen LogP) is 3.81. The van der Waals surface area contributed by atoms with E-state index in [1.165, 1.54) is 36.3 Å². The van der Waals surface area contributed by atoms with Crippen molar-refractivity contribution in [3.05, 3.63) is 67.0 Å². The summed E-state index contributed by atoms with van der Waals surface area (Å²) in [6.45, 7) is 3.42. The molecule has 0 aliphatic carbocycles. The van der Waals surface area contributed by atoms with E-state index in [4.69, 9.17) is 10.5 Å². The number of nitrogens with zero attached hydrogens (tertiary/aromatic N) is 5. The lowest BCUT2D eigenvalue weighted by Gasteiger charge is -2.22. The Balaban J connectivity index is 1.84. The van der Waals surface area contributed by atoms with E-state index in [1.807, 2.05) is 0 Å². The van der Waals surface area contributed by atoms with Gasteiger partial charge in [-0.25, -0.2) is 18.2 Å². The normalized spacial score (nSPS) is 11.8. The molecule has 0 saturated carbocycles. The summed E-state index contributed by atoms with van der Waals surface area (Å²) in [4.78, 5) is 28.7. The summed E-state index contributed by atoms with van der Waals surface area (Å²) < 4.78 is 46.1. The molecule has 1 unspecified atom stereocenters. The highest BCUT2D eigenvalue weighted by Crippen LogP contribution is 2.39. The lowest BCUT2D eigenvalue weighted by atomic mass is 9.97. The first-order valence-electron chi connectivity index (χ1n) is 11.1. The van der Waals surface area contributed by atoms with Gasteiger partial charge in [0, 0.05) is 23.9 Å². The number of methoxy groups -OCH3 is 1. The summed E-state index contributed by atoms with van der Waals surface area (Å²) in [6.07, 6.45) is -3.76. The van der Waals surface area contributed by atoms with Gasteiger partial charge in [-0.05, 0) is 35.9 Å². The van der Waals surface area contributed by atoms with Crippen LogP contribution in [0.15, 0.2) is 61.4 Å². The van der Waals surface area contributed by atoms with Gasteiger partial charge < -0.3 is 20.7 Å². The van der Waals surface area contributed by atoms with Gasteiger partial charge in [-0.1, -0.05) is 24.8 Å².